The second kappa shape index (κ2) is 3.97. The predicted molar refractivity (Wildman–Crippen MR) is 43.9 cm³/mol. The summed E-state index contributed by atoms with van der Waals surface area (Å²) >= 11 is 0. The highest BCUT2D eigenvalue weighted by molar-refractivity contribution is 5.33. The molecule has 0 saturated carbocycles. The van der Waals surface area contributed by atoms with Crippen molar-refractivity contribution < 1.29 is 10.0 Å². The molecule has 0 radical (unpaired) electrons. The van der Waals surface area contributed by atoms with Crippen LogP contribution in [0, 0.1) is 10.1 Å². The lowest BCUT2D eigenvalue weighted by Crippen LogP contribution is -2.08. The Hall–Kier alpha value is -1.47. The van der Waals surface area contributed by atoms with E-state index in [9.17, 15) is 15.2 Å². The van der Waals surface area contributed by atoms with Gasteiger partial charge in [-0.05, 0) is 13.0 Å². The molecule has 0 unspecified atom stereocenters. The summed E-state index contributed by atoms with van der Waals surface area (Å²) in [6, 6.07) is 0. The van der Waals surface area contributed by atoms with Gasteiger partial charge >= 0.3 is 5.69 Å². The average Bonchev–Trinajstić information content (AvgIpc) is 2.52. The van der Waals surface area contributed by atoms with Crippen molar-refractivity contribution in [3.8, 4) is 0 Å². The fourth-order valence-electron chi connectivity index (χ4n) is 0.983. The number of aromatic amines is 1. The molecule has 1 aromatic heterocycles. The first-order valence-corrected chi connectivity index (χ1v) is 3.72. The zero-order chi connectivity index (χ0) is 9.84. The lowest BCUT2D eigenvalue weighted by molar-refractivity contribution is -0.386. The number of nitrogens with one attached hydrogen (secondary N) is 1. The van der Waals surface area contributed by atoms with Crippen LogP contribution in [0.2, 0.25) is 0 Å². The van der Waals surface area contributed by atoms with E-state index in [1.54, 1.807) is 0 Å². The molecule has 0 aliphatic heterocycles. The van der Waals surface area contributed by atoms with Gasteiger partial charge in [0, 0.05) is 0 Å². The number of rotatable bonds is 4. The molecule has 0 aliphatic rings. The number of nitro groups is 1. The van der Waals surface area contributed by atoms with Gasteiger partial charge in [-0.3, -0.25) is 15.2 Å². The van der Waals surface area contributed by atoms with E-state index in [4.69, 9.17) is 5.73 Å². The Kier molecular flexibility index (Phi) is 2.93. The highest BCUT2D eigenvalue weighted by Gasteiger charge is 2.21. The molecule has 0 aromatic carbocycles. The molecule has 0 fully saturated rings. The van der Waals surface area contributed by atoms with Crippen molar-refractivity contribution in [2.45, 2.75) is 12.5 Å². The SMILES string of the molecule is NCC[C@H](O)c1[nH]ncc1[N+](=O)[O-]. The highest BCUT2D eigenvalue weighted by atomic mass is 16.6. The first-order chi connectivity index (χ1) is 6.16. The van der Waals surface area contributed by atoms with Gasteiger partial charge in [0.15, 0.2) is 0 Å². The minimum absolute atomic E-state index is 0.107. The minimum Gasteiger partial charge on any atom is -0.386 e. The number of nitrogens with zero attached hydrogens (tertiary/aromatic N) is 2. The number of nitrogens with two attached hydrogens (primary N) is 1. The summed E-state index contributed by atoms with van der Waals surface area (Å²) < 4.78 is 0. The number of aromatic nitrogens is 2. The topological polar surface area (TPSA) is 118 Å². The van der Waals surface area contributed by atoms with Crippen LogP contribution >= 0.6 is 0 Å². The third kappa shape index (κ3) is 2.01. The molecule has 72 valence electrons. The van der Waals surface area contributed by atoms with E-state index in [0.717, 1.165) is 6.20 Å². The van der Waals surface area contributed by atoms with Crippen LogP contribution in [0.25, 0.3) is 0 Å². The maximum atomic E-state index is 10.4. The fraction of sp³-hybridized carbons (Fsp3) is 0.500. The van der Waals surface area contributed by atoms with E-state index in [1.165, 1.54) is 0 Å². The molecule has 7 heteroatoms. The smallest absolute Gasteiger partial charge is 0.312 e. The van der Waals surface area contributed by atoms with Crippen LogP contribution in [0.15, 0.2) is 6.20 Å². The van der Waals surface area contributed by atoms with E-state index in [2.05, 4.69) is 10.2 Å². The molecule has 1 heterocycles. The van der Waals surface area contributed by atoms with Gasteiger partial charge in [0.1, 0.15) is 18.0 Å². The van der Waals surface area contributed by atoms with Gasteiger partial charge in [0.05, 0.1) is 4.92 Å². The summed E-state index contributed by atoms with van der Waals surface area (Å²) in [5.41, 5.74) is 5.10. The number of H-pyrrole nitrogens is 1. The van der Waals surface area contributed by atoms with E-state index in [-0.39, 0.29) is 24.3 Å². The van der Waals surface area contributed by atoms with Crippen molar-refractivity contribution in [1.29, 1.82) is 0 Å². The molecular formula is C6H10N4O3. The van der Waals surface area contributed by atoms with Crippen LogP contribution in [-0.4, -0.2) is 26.8 Å². The van der Waals surface area contributed by atoms with E-state index < -0.39 is 11.0 Å². The number of hydrogen-bond donors (Lipinski definition) is 3. The number of hydrogen-bond acceptors (Lipinski definition) is 5. The highest BCUT2D eigenvalue weighted by Crippen LogP contribution is 2.23. The Bertz CT molecular complexity index is 298. The molecule has 1 aromatic rings. The van der Waals surface area contributed by atoms with Gasteiger partial charge in [0.25, 0.3) is 0 Å². The molecule has 7 nitrogen and oxygen atoms in total. The van der Waals surface area contributed by atoms with Gasteiger partial charge in [0.2, 0.25) is 0 Å². The molecule has 13 heavy (non-hydrogen) atoms. The summed E-state index contributed by atoms with van der Waals surface area (Å²) in [5.74, 6) is 0. The minimum atomic E-state index is -0.951. The largest absolute Gasteiger partial charge is 0.386 e. The molecule has 1 atom stereocenters. The van der Waals surface area contributed by atoms with Crippen LogP contribution in [0.4, 0.5) is 5.69 Å². The fourth-order valence-corrected chi connectivity index (χ4v) is 0.983. The summed E-state index contributed by atoms with van der Waals surface area (Å²) in [4.78, 5) is 9.80. The second-order valence-corrected chi connectivity index (χ2v) is 2.52. The Morgan fingerprint density at radius 1 is 1.85 bits per heavy atom. The van der Waals surface area contributed by atoms with Crippen LogP contribution in [0.5, 0.6) is 0 Å². The van der Waals surface area contributed by atoms with Crippen molar-refractivity contribution in [2.24, 2.45) is 5.73 Å². The number of aliphatic hydroxyl groups is 1. The van der Waals surface area contributed by atoms with Crippen LogP contribution in [0.1, 0.15) is 18.2 Å². The van der Waals surface area contributed by atoms with Gasteiger partial charge in [-0.25, -0.2) is 0 Å². The van der Waals surface area contributed by atoms with Gasteiger partial charge < -0.3 is 10.8 Å². The maximum Gasteiger partial charge on any atom is 0.312 e. The molecular weight excluding hydrogens is 176 g/mol. The maximum absolute atomic E-state index is 10.4. The van der Waals surface area contributed by atoms with Gasteiger partial charge in [-0.2, -0.15) is 5.10 Å². The second-order valence-electron chi connectivity index (χ2n) is 2.52. The Morgan fingerprint density at radius 3 is 3.08 bits per heavy atom. The third-order valence-electron chi connectivity index (χ3n) is 1.62. The summed E-state index contributed by atoms with van der Waals surface area (Å²) in [6.07, 6.45) is 0.380. The Morgan fingerprint density at radius 2 is 2.54 bits per heavy atom. The molecule has 0 spiro atoms. The summed E-state index contributed by atoms with van der Waals surface area (Å²) in [5, 5.41) is 25.6. The quantitative estimate of drug-likeness (QED) is 0.440. The number of aliphatic hydroxyl groups excluding tert-OH is 1. The lowest BCUT2D eigenvalue weighted by Gasteiger charge is -2.04. The van der Waals surface area contributed by atoms with Gasteiger partial charge in [-0.15, -0.1) is 0 Å². The van der Waals surface area contributed by atoms with Crippen LogP contribution < -0.4 is 5.73 Å². The molecule has 1 rings (SSSR count). The monoisotopic (exact) mass is 186 g/mol. The van der Waals surface area contributed by atoms with E-state index in [1.807, 2.05) is 0 Å². The summed E-state index contributed by atoms with van der Waals surface area (Å²) in [7, 11) is 0. The van der Waals surface area contributed by atoms with E-state index >= 15 is 0 Å². The zero-order valence-electron chi connectivity index (χ0n) is 6.80. The first kappa shape index (κ1) is 9.62. The predicted octanol–water partition coefficient (Wildman–Crippen LogP) is -0.300. The van der Waals surface area contributed by atoms with Crippen molar-refractivity contribution in [3.05, 3.63) is 22.0 Å². The van der Waals surface area contributed by atoms with Crippen molar-refractivity contribution >= 4 is 5.69 Å². The van der Waals surface area contributed by atoms with Crippen LogP contribution in [-0.2, 0) is 0 Å². The Labute approximate surface area is 73.7 Å². The zero-order valence-corrected chi connectivity index (χ0v) is 6.80. The van der Waals surface area contributed by atoms with Crippen LogP contribution in [0.3, 0.4) is 0 Å². The molecule has 0 aliphatic carbocycles. The average molecular weight is 186 g/mol. The summed E-state index contributed by atoms with van der Waals surface area (Å²) in [6.45, 7) is 0.261. The standard InChI is InChI=1S/C6H10N4O3/c7-2-1-5(11)6-4(10(12)13)3-8-9-6/h3,5,11H,1-2,7H2,(H,8,9)/t5-/m0/s1. The van der Waals surface area contributed by atoms with Crippen molar-refractivity contribution in [1.82, 2.24) is 10.2 Å². The molecule has 0 saturated heterocycles. The van der Waals surface area contributed by atoms with Crippen molar-refractivity contribution in [2.75, 3.05) is 6.54 Å². The van der Waals surface area contributed by atoms with Crippen molar-refractivity contribution in [3.63, 3.8) is 0 Å². The van der Waals surface area contributed by atoms with E-state index in [0.29, 0.717) is 0 Å². The first-order valence-electron chi connectivity index (χ1n) is 3.72. The normalized spacial score (nSPS) is 12.8. The molecule has 0 amide bonds. The van der Waals surface area contributed by atoms with Gasteiger partial charge in [-0.1, -0.05) is 0 Å². The molecule has 0 bridgehead atoms. The Balaban J connectivity index is 2.86. The lowest BCUT2D eigenvalue weighted by atomic mass is 10.2. The third-order valence-corrected chi connectivity index (χ3v) is 1.62. The molecule has 4 N–H and O–H groups in total.